The van der Waals surface area contributed by atoms with E-state index in [0.717, 1.165) is 14.3 Å². The number of ether oxygens (including phenoxy) is 3. The molecule has 13 heteroatoms. The number of anilines is 1. The molecule has 0 bridgehead atoms. The summed E-state index contributed by atoms with van der Waals surface area (Å²) < 4.78 is 46.3. The lowest BCUT2D eigenvalue weighted by molar-refractivity contribution is -0.139. The van der Waals surface area contributed by atoms with Gasteiger partial charge < -0.3 is 24.4 Å². The fourth-order valence-corrected chi connectivity index (χ4v) is 6.33. The Hall–Kier alpha value is -3.48. The second-order valence-corrected chi connectivity index (χ2v) is 12.7. The molecule has 10 nitrogen and oxygen atoms in total. The maximum atomic E-state index is 14.3. The van der Waals surface area contributed by atoms with Gasteiger partial charge in [-0.25, -0.2) is 8.42 Å². The van der Waals surface area contributed by atoms with Crippen LogP contribution in [0.15, 0.2) is 70.0 Å². The van der Waals surface area contributed by atoms with Gasteiger partial charge in [-0.3, -0.25) is 13.9 Å². The molecule has 0 radical (unpaired) electrons. The first-order valence-electron chi connectivity index (χ1n) is 13.4. The highest BCUT2D eigenvalue weighted by Gasteiger charge is 2.34. The van der Waals surface area contributed by atoms with Gasteiger partial charge >= 0.3 is 0 Å². The Kier molecular flexibility index (Phi) is 12.1. The normalized spacial score (nSPS) is 11.8. The SMILES string of the molecule is CCCNC(=O)[C@H](C)N(Cc1cccc(Br)c1)C(=O)CN(c1cc(Cl)ccc1OC)S(=O)(=O)c1ccc(OC)c(OC)c1. The molecule has 43 heavy (non-hydrogen) atoms. The largest absolute Gasteiger partial charge is 0.495 e. The third-order valence-electron chi connectivity index (χ3n) is 6.59. The number of sulfonamides is 1. The van der Waals surface area contributed by atoms with Gasteiger partial charge in [0.2, 0.25) is 11.8 Å². The first kappa shape index (κ1) is 34.0. The van der Waals surface area contributed by atoms with Crippen LogP contribution in [-0.2, 0) is 26.2 Å². The quantitative estimate of drug-likeness (QED) is 0.245. The van der Waals surface area contributed by atoms with Gasteiger partial charge in [-0.1, -0.05) is 46.6 Å². The molecule has 0 aromatic heterocycles. The van der Waals surface area contributed by atoms with Crippen molar-refractivity contribution in [2.24, 2.45) is 0 Å². The summed E-state index contributed by atoms with van der Waals surface area (Å²) >= 11 is 9.74. The minimum atomic E-state index is -4.43. The molecule has 1 atom stereocenters. The summed E-state index contributed by atoms with van der Waals surface area (Å²) in [6.07, 6.45) is 0.712. The van der Waals surface area contributed by atoms with Gasteiger partial charge in [-0.2, -0.15) is 0 Å². The highest BCUT2D eigenvalue weighted by molar-refractivity contribution is 9.10. The van der Waals surface area contributed by atoms with Crippen molar-refractivity contribution in [3.8, 4) is 17.2 Å². The number of carbonyl (C=O) groups is 2. The molecule has 3 aromatic rings. The Bertz CT molecular complexity index is 1550. The molecule has 0 spiro atoms. The van der Waals surface area contributed by atoms with Gasteiger partial charge in [-0.05, 0) is 61.4 Å². The fraction of sp³-hybridized carbons (Fsp3) is 0.333. The van der Waals surface area contributed by atoms with Crippen molar-refractivity contribution in [1.82, 2.24) is 10.2 Å². The van der Waals surface area contributed by atoms with E-state index in [1.54, 1.807) is 13.0 Å². The lowest BCUT2D eigenvalue weighted by atomic mass is 10.1. The summed E-state index contributed by atoms with van der Waals surface area (Å²) in [5.41, 5.74) is 0.788. The molecular weight excluding hydrogens is 662 g/mol. The summed E-state index contributed by atoms with van der Waals surface area (Å²) in [6, 6.07) is 15.0. The average molecular weight is 697 g/mol. The van der Waals surface area contributed by atoms with Gasteiger partial charge in [-0.15, -0.1) is 0 Å². The van der Waals surface area contributed by atoms with Gasteiger partial charge in [0, 0.05) is 28.7 Å². The molecule has 232 valence electrons. The Morgan fingerprint density at radius 3 is 2.26 bits per heavy atom. The van der Waals surface area contributed by atoms with Crippen molar-refractivity contribution in [3.05, 3.63) is 75.7 Å². The molecule has 2 amide bonds. The zero-order chi connectivity index (χ0) is 31.7. The summed E-state index contributed by atoms with van der Waals surface area (Å²) in [5, 5.41) is 3.05. The molecular formula is C30H35BrClN3O7S. The second-order valence-electron chi connectivity index (χ2n) is 9.46. The minimum Gasteiger partial charge on any atom is -0.495 e. The van der Waals surface area contributed by atoms with Crippen LogP contribution in [-0.4, -0.2) is 65.6 Å². The highest BCUT2D eigenvalue weighted by atomic mass is 79.9. The molecule has 0 saturated carbocycles. The van der Waals surface area contributed by atoms with E-state index in [4.69, 9.17) is 25.8 Å². The standard InChI is InChI=1S/C30H35BrClN3O7S/c1-6-14-33-30(37)20(2)34(18-21-8-7-9-22(31)15-21)29(36)19-35(25-16-23(32)10-12-26(25)40-3)43(38,39)24-11-13-27(41-4)28(17-24)42-5/h7-13,15-17,20H,6,14,18-19H2,1-5H3,(H,33,37)/t20-/m0/s1. The van der Waals surface area contributed by atoms with Crippen LogP contribution in [0, 0.1) is 0 Å². The monoisotopic (exact) mass is 695 g/mol. The van der Waals surface area contributed by atoms with E-state index in [1.807, 2.05) is 31.2 Å². The average Bonchev–Trinajstić information content (AvgIpc) is 3.00. The molecule has 0 saturated heterocycles. The van der Waals surface area contributed by atoms with Crippen molar-refractivity contribution in [2.45, 2.75) is 37.8 Å². The van der Waals surface area contributed by atoms with Crippen molar-refractivity contribution in [3.63, 3.8) is 0 Å². The number of halogens is 2. The first-order chi connectivity index (χ1) is 20.5. The van der Waals surface area contributed by atoms with Crippen LogP contribution in [0.25, 0.3) is 0 Å². The first-order valence-corrected chi connectivity index (χ1v) is 16.0. The number of hydrogen-bond acceptors (Lipinski definition) is 7. The number of hydrogen-bond donors (Lipinski definition) is 1. The van der Waals surface area contributed by atoms with E-state index in [9.17, 15) is 18.0 Å². The lowest BCUT2D eigenvalue weighted by Gasteiger charge is -2.32. The predicted octanol–water partition coefficient (Wildman–Crippen LogP) is 5.27. The third-order valence-corrected chi connectivity index (χ3v) is 9.07. The second kappa shape index (κ2) is 15.3. The molecule has 3 aromatic carbocycles. The van der Waals surface area contributed by atoms with Crippen LogP contribution >= 0.6 is 27.5 Å². The van der Waals surface area contributed by atoms with Gasteiger partial charge in [0.1, 0.15) is 18.3 Å². The minimum absolute atomic E-state index is 0.0450. The van der Waals surface area contributed by atoms with Crippen molar-refractivity contribution < 1.29 is 32.2 Å². The molecule has 1 N–H and O–H groups in total. The summed E-state index contributed by atoms with van der Waals surface area (Å²) in [7, 11) is -0.216. The number of nitrogens with zero attached hydrogens (tertiary/aromatic N) is 2. The summed E-state index contributed by atoms with van der Waals surface area (Å²) in [4.78, 5) is 28.4. The smallest absolute Gasteiger partial charge is 0.265 e. The van der Waals surface area contributed by atoms with Gasteiger partial charge in [0.15, 0.2) is 11.5 Å². The van der Waals surface area contributed by atoms with E-state index in [1.165, 1.54) is 56.6 Å². The van der Waals surface area contributed by atoms with Crippen LogP contribution in [0.5, 0.6) is 17.2 Å². The van der Waals surface area contributed by atoms with Crippen molar-refractivity contribution in [1.29, 1.82) is 0 Å². The van der Waals surface area contributed by atoms with E-state index in [0.29, 0.717) is 18.7 Å². The molecule has 3 rings (SSSR count). The lowest BCUT2D eigenvalue weighted by Crippen LogP contribution is -2.51. The highest BCUT2D eigenvalue weighted by Crippen LogP contribution is 2.37. The third kappa shape index (κ3) is 8.33. The zero-order valence-electron chi connectivity index (χ0n) is 24.6. The van der Waals surface area contributed by atoms with Crippen molar-refractivity contribution in [2.75, 3.05) is 38.7 Å². The van der Waals surface area contributed by atoms with Crippen LogP contribution in [0.1, 0.15) is 25.8 Å². The topological polar surface area (TPSA) is 114 Å². The van der Waals surface area contributed by atoms with Crippen molar-refractivity contribution >= 4 is 55.1 Å². The van der Waals surface area contributed by atoms with E-state index < -0.39 is 28.5 Å². The molecule has 0 heterocycles. The van der Waals surface area contributed by atoms with Crippen LogP contribution in [0.3, 0.4) is 0 Å². The summed E-state index contributed by atoms with van der Waals surface area (Å²) in [5.74, 6) is -0.291. The maximum Gasteiger partial charge on any atom is 0.265 e. The van der Waals surface area contributed by atoms with E-state index >= 15 is 0 Å². The van der Waals surface area contributed by atoms with Crippen LogP contribution < -0.4 is 23.8 Å². The number of nitrogens with one attached hydrogen (secondary N) is 1. The molecule has 0 unspecified atom stereocenters. The fourth-order valence-electron chi connectivity index (χ4n) is 4.29. The van der Waals surface area contributed by atoms with Crippen LogP contribution in [0.4, 0.5) is 5.69 Å². The number of carbonyl (C=O) groups excluding carboxylic acids is 2. The molecule has 0 aliphatic heterocycles. The maximum absolute atomic E-state index is 14.3. The molecule has 0 aliphatic carbocycles. The Labute approximate surface area is 266 Å². The number of amides is 2. The Balaban J connectivity index is 2.14. The van der Waals surface area contributed by atoms with Gasteiger partial charge in [0.05, 0.1) is 31.9 Å². The molecule has 0 fully saturated rings. The number of methoxy groups -OCH3 is 3. The van der Waals surface area contributed by atoms with Crippen LogP contribution in [0.2, 0.25) is 5.02 Å². The Morgan fingerprint density at radius 2 is 1.63 bits per heavy atom. The van der Waals surface area contributed by atoms with E-state index in [-0.39, 0.29) is 39.6 Å². The van der Waals surface area contributed by atoms with E-state index in [2.05, 4.69) is 21.2 Å². The zero-order valence-corrected chi connectivity index (χ0v) is 27.8. The Morgan fingerprint density at radius 1 is 0.953 bits per heavy atom. The predicted molar refractivity (Wildman–Crippen MR) is 170 cm³/mol. The van der Waals surface area contributed by atoms with Gasteiger partial charge in [0.25, 0.3) is 10.0 Å². The molecule has 0 aliphatic rings. The number of rotatable bonds is 14. The number of benzene rings is 3. The summed E-state index contributed by atoms with van der Waals surface area (Å²) in [6.45, 7) is 3.35.